The van der Waals surface area contributed by atoms with Gasteiger partial charge in [0.25, 0.3) is 15.9 Å². The predicted octanol–water partition coefficient (Wildman–Crippen LogP) is 4.00. The molecule has 202 valence electrons. The summed E-state index contributed by atoms with van der Waals surface area (Å²) in [5.41, 5.74) is 0.716. The Morgan fingerprint density at radius 2 is 1.51 bits per heavy atom. The first kappa shape index (κ1) is 27.2. The van der Waals surface area contributed by atoms with Crippen LogP contribution in [0.1, 0.15) is 10.4 Å². The molecule has 0 saturated heterocycles. The second kappa shape index (κ2) is 12.6. The molecule has 3 aromatic carbocycles. The standard InChI is InChI=1S/C27H26N4O7S/c1-35-25-18-24(29-27(30-25)36-2)31-39(33,34)21-14-12-19(13-15-21)28-26(32)22-10-6-7-11-23(22)38-17-16-37-20-8-4-3-5-9-20/h3-15,18H,16-17H2,1-2H3,(H,28,32)(H,29,30,31). The summed E-state index contributed by atoms with van der Waals surface area (Å²) in [7, 11) is -1.26. The van der Waals surface area contributed by atoms with E-state index in [9.17, 15) is 13.2 Å². The second-order valence-corrected chi connectivity index (χ2v) is 9.55. The van der Waals surface area contributed by atoms with Gasteiger partial charge in [-0.3, -0.25) is 9.52 Å². The summed E-state index contributed by atoms with van der Waals surface area (Å²) in [5.74, 6) is 0.811. The first-order valence-electron chi connectivity index (χ1n) is 11.7. The number of para-hydroxylation sites is 2. The Morgan fingerprint density at radius 3 is 2.23 bits per heavy atom. The molecule has 0 bridgehead atoms. The Bertz CT molecular complexity index is 1490. The van der Waals surface area contributed by atoms with Gasteiger partial charge in [0, 0.05) is 11.8 Å². The molecule has 1 aromatic heterocycles. The number of aromatic nitrogens is 2. The molecule has 11 nitrogen and oxygen atoms in total. The van der Waals surface area contributed by atoms with Crippen molar-refractivity contribution >= 4 is 27.4 Å². The number of anilines is 2. The number of carbonyl (C=O) groups excluding carboxylic acids is 1. The van der Waals surface area contributed by atoms with Crippen LogP contribution in [-0.4, -0.2) is 51.7 Å². The molecule has 0 aliphatic carbocycles. The van der Waals surface area contributed by atoms with Crippen LogP contribution in [0, 0.1) is 0 Å². The first-order chi connectivity index (χ1) is 18.9. The Balaban J connectivity index is 1.38. The van der Waals surface area contributed by atoms with Crippen molar-refractivity contribution in [1.82, 2.24) is 9.97 Å². The van der Waals surface area contributed by atoms with Gasteiger partial charge < -0.3 is 24.3 Å². The van der Waals surface area contributed by atoms with E-state index in [1.165, 1.54) is 44.6 Å². The topological polar surface area (TPSA) is 138 Å². The van der Waals surface area contributed by atoms with Crippen LogP contribution in [0.4, 0.5) is 11.5 Å². The fourth-order valence-electron chi connectivity index (χ4n) is 3.37. The lowest BCUT2D eigenvalue weighted by molar-refractivity contribution is 0.102. The van der Waals surface area contributed by atoms with Gasteiger partial charge in [-0.2, -0.15) is 9.97 Å². The highest BCUT2D eigenvalue weighted by Crippen LogP contribution is 2.23. The van der Waals surface area contributed by atoms with Crippen LogP contribution < -0.4 is 29.0 Å². The third kappa shape index (κ3) is 7.36. The fourth-order valence-corrected chi connectivity index (χ4v) is 4.36. The maximum Gasteiger partial charge on any atom is 0.321 e. The maximum atomic E-state index is 12.9. The summed E-state index contributed by atoms with van der Waals surface area (Å²) >= 11 is 0. The zero-order valence-corrected chi connectivity index (χ0v) is 22.0. The number of carbonyl (C=O) groups is 1. The largest absolute Gasteiger partial charge is 0.490 e. The molecule has 4 rings (SSSR count). The molecule has 0 spiro atoms. The number of hydrogen-bond acceptors (Lipinski definition) is 9. The van der Waals surface area contributed by atoms with E-state index in [4.69, 9.17) is 18.9 Å². The minimum absolute atomic E-state index is 0.0261. The van der Waals surface area contributed by atoms with E-state index in [0.29, 0.717) is 23.6 Å². The number of nitrogens with zero attached hydrogens (tertiary/aromatic N) is 2. The van der Waals surface area contributed by atoms with Crippen LogP contribution in [0.2, 0.25) is 0 Å². The highest BCUT2D eigenvalue weighted by atomic mass is 32.2. The molecule has 2 N–H and O–H groups in total. The quantitative estimate of drug-likeness (QED) is 0.251. The second-order valence-electron chi connectivity index (χ2n) is 7.87. The van der Waals surface area contributed by atoms with Crippen molar-refractivity contribution in [2.45, 2.75) is 4.90 Å². The van der Waals surface area contributed by atoms with E-state index in [0.717, 1.165) is 5.75 Å². The zero-order valence-electron chi connectivity index (χ0n) is 21.2. The molecule has 1 amide bonds. The Kier molecular flexibility index (Phi) is 8.79. The van der Waals surface area contributed by atoms with Crippen molar-refractivity contribution < 1.29 is 32.2 Å². The van der Waals surface area contributed by atoms with Crippen molar-refractivity contribution in [3.8, 4) is 23.4 Å². The minimum atomic E-state index is -4.00. The molecular formula is C27H26N4O7S. The zero-order chi connectivity index (χ0) is 27.7. The van der Waals surface area contributed by atoms with E-state index in [1.54, 1.807) is 24.3 Å². The number of hydrogen-bond donors (Lipinski definition) is 2. The summed E-state index contributed by atoms with van der Waals surface area (Å²) in [4.78, 5) is 20.8. The lowest BCUT2D eigenvalue weighted by Crippen LogP contribution is -2.16. The molecule has 4 aromatic rings. The van der Waals surface area contributed by atoms with Crippen molar-refractivity contribution in [3.05, 3.63) is 90.5 Å². The summed E-state index contributed by atoms with van der Waals surface area (Å²) in [6, 6.07) is 23.1. The molecule has 0 aliphatic heterocycles. The number of methoxy groups -OCH3 is 2. The average molecular weight is 551 g/mol. The molecule has 0 aliphatic rings. The number of rotatable bonds is 12. The molecule has 0 fully saturated rings. The third-order valence-corrected chi connectivity index (χ3v) is 6.59. The molecule has 0 unspecified atom stereocenters. The number of benzene rings is 3. The van der Waals surface area contributed by atoms with E-state index < -0.39 is 15.9 Å². The molecule has 0 radical (unpaired) electrons. The smallest absolute Gasteiger partial charge is 0.321 e. The summed E-state index contributed by atoms with van der Waals surface area (Å²) < 4.78 is 49.5. The number of nitrogens with one attached hydrogen (secondary N) is 2. The highest BCUT2D eigenvalue weighted by Gasteiger charge is 2.18. The molecule has 0 saturated carbocycles. The minimum Gasteiger partial charge on any atom is -0.490 e. The van der Waals surface area contributed by atoms with Gasteiger partial charge >= 0.3 is 6.01 Å². The highest BCUT2D eigenvalue weighted by molar-refractivity contribution is 7.92. The van der Waals surface area contributed by atoms with E-state index in [1.807, 2.05) is 30.3 Å². The lowest BCUT2D eigenvalue weighted by atomic mass is 10.2. The third-order valence-electron chi connectivity index (χ3n) is 5.22. The molecular weight excluding hydrogens is 524 g/mol. The number of sulfonamides is 1. The molecule has 39 heavy (non-hydrogen) atoms. The van der Waals surface area contributed by atoms with Crippen molar-refractivity contribution in [2.24, 2.45) is 0 Å². The number of ether oxygens (including phenoxy) is 4. The molecule has 0 atom stereocenters. The summed E-state index contributed by atoms with van der Waals surface area (Å²) in [6.45, 7) is 0.543. The van der Waals surface area contributed by atoms with Gasteiger partial charge in [-0.15, -0.1) is 0 Å². The van der Waals surface area contributed by atoms with E-state index >= 15 is 0 Å². The van der Waals surface area contributed by atoms with Crippen LogP contribution in [0.5, 0.6) is 23.4 Å². The predicted molar refractivity (Wildman–Crippen MR) is 144 cm³/mol. The van der Waals surface area contributed by atoms with Crippen LogP contribution in [0.15, 0.2) is 89.8 Å². The summed E-state index contributed by atoms with van der Waals surface area (Å²) in [6.07, 6.45) is 0. The van der Waals surface area contributed by atoms with Crippen LogP contribution >= 0.6 is 0 Å². The normalized spacial score (nSPS) is 10.8. The van der Waals surface area contributed by atoms with Gasteiger partial charge in [-0.05, 0) is 48.5 Å². The Labute approximate surface area is 225 Å². The van der Waals surface area contributed by atoms with Crippen LogP contribution in [0.25, 0.3) is 0 Å². The van der Waals surface area contributed by atoms with E-state index in [-0.39, 0.29) is 29.2 Å². The SMILES string of the molecule is COc1cc(NS(=O)(=O)c2ccc(NC(=O)c3ccccc3OCCOc3ccccc3)cc2)nc(OC)n1. The van der Waals surface area contributed by atoms with E-state index in [2.05, 4.69) is 20.0 Å². The van der Waals surface area contributed by atoms with Gasteiger partial charge in [0.2, 0.25) is 5.88 Å². The fraction of sp³-hybridized carbons (Fsp3) is 0.148. The van der Waals surface area contributed by atoms with Crippen molar-refractivity contribution in [3.63, 3.8) is 0 Å². The van der Waals surface area contributed by atoms with Gasteiger partial charge in [-0.1, -0.05) is 30.3 Å². The maximum absolute atomic E-state index is 12.9. The lowest BCUT2D eigenvalue weighted by Gasteiger charge is -2.13. The monoisotopic (exact) mass is 550 g/mol. The van der Waals surface area contributed by atoms with Crippen LogP contribution in [-0.2, 0) is 10.0 Å². The van der Waals surface area contributed by atoms with Crippen molar-refractivity contribution in [2.75, 3.05) is 37.5 Å². The first-order valence-corrected chi connectivity index (χ1v) is 13.2. The van der Waals surface area contributed by atoms with Gasteiger partial charge in [-0.25, -0.2) is 8.42 Å². The summed E-state index contributed by atoms with van der Waals surface area (Å²) in [5, 5.41) is 2.75. The molecule has 12 heteroatoms. The average Bonchev–Trinajstić information content (AvgIpc) is 2.96. The number of amides is 1. The van der Waals surface area contributed by atoms with Gasteiger partial charge in [0.15, 0.2) is 5.82 Å². The van der Waals surface area contributed by atoms with Gasteiger partial charge in [0.1, 0.15) is 24.7 Å². The van der Waals surface area contributed by atoms with Crippen LogP contribution in [0.3, 0.4) is 0 Å². The molecule has 1 heterocycles. The van der Waals surface area contributed by atoms with Gasteiger partial charge in [0.05, 0.1) is 24.7 Å². The Hall–Kier alpha value is -4.84. The Morgan fingerprint density at radius 1 is 0.821 bits per heavy atom. The van der Waals surface area contributed by atoms with Crippen molar-refractivity contribution in [1.29, 1.82) is 0 Å².